The van der Waals surface area contributed by atoms with Gasteiger partial charge in [-0.2, -0.15) is 0 Å². The van der Waals surface area contributed by atoms with E-state index in [-0.39, 0.29) is 17.7 Å². The molecule has 0 saturated carbocycles. The normalized spacial score (nSPS) is 11.8. The van der Waals surface area contributed by atoms with Crippen LogP contribution in [0.5, 0.6) is 0 Å². The lowest BCUT2D eigenvalue weighted by molar-refractivity contribution is -0.132. The zero-order valence-corrected chi connectivity index (χ0v) is 19.4. The highest BCUT2D eigenvalue weighted by atomic mass is 31.2. The van der Waals surface area contributed by atoms with Gasteiger partial charge in [0.25, 0.3) is 5.91 Å². The molecule has 31 heavy (non-hydrogen) atoms. The molecular weight excluding hydrogens is 403 g/mol. The van der Waals surface area contributed by atoms with E-state index < -0.39 is 13.0 Å². The summed E-state index contributed by atoms with van der Waals surface area (Å²) >= 11 is 0. The van der Waals surface area contributed by atoms with Crippen LogP contribution < -0.4 is 26.3 Å². The van der Waals surface area contributed by atoms with Crippen LogP contribution in [-0.4, -0.2) is 17.4 Å². The van der Waals surface area contributed by atoms with E-state index >= 15 is 0 Å². The molecule has 0 radical (unpaired) electrons. The number of hydrogen-bond donors (Lipinski definition) is 2. The van der Waals surface area contributed by atoms with Crippen molar-refractivity contribution in [2.45, 2.75) is 33.2 Å². The standard InChI is InChI=1S/C26H29N2O2P/c1-20(2)24(29)27-26(3,4)25(30)28-31(21-14-8-5-9-15-21,22-16-10-6-11-17-22)23-18-12-7-13-19-23/h5-20H,1-4H3,(H-,27,28,29,30)/p+1. The minimum Gasteiger partial charge on any atom is -0.342 e. The summed E-state index contributed by atoms with van der Waals surface area (Å²) in [6.45, 7) is 7.13. The first-order chi connectivity index (χ1) is 14.8. The summed E-state index contributed by atoms with van der Waals surface area (Å²) in [4.78, 5) is 26.0. The van der Waals surface area contributed by atoms with Crippen molar-refractivity contribution in [3.63, 3.8) is 0 Å². The first-order valence-electron chi connectivity index (χ1n) is 10.5. The Morgan fingerprint density at radius 2 is 1.06 bits per heavy atom. The summed E-state index contributed by atoms with van der Waals surface area (Å²) in [5.41, 5.74) is -1.06. The lowest BCUT2D eigenvalue weighted by atomic mass is 10.0. The van der Waals surface area contributed by atoms with Crippen molar-refractivity contribution in [2.75, 3.05) is 0 Å². The number of carbonyl (C=O) groups excluding carboxylic acids is 2. The van der Waals surface area contributed by atoms with Gasteiger partial charge in [-0.15, -0.1) is 0 Å². The smallest absolute Gasteiger partial charge is 0.277 e. The highest BCUT2D eigenvalue weighted by Gasteiger charge is 2.49. The van der Waals surface area contributed by atoms with Gasteiger partial charge in [-0.25, -0.2) is 5.09 Å². The van der Waals surface area contributed by atoms with Gasteiger partial charge in [0.05, 0.1) is 0 Å². The van der Waals surface area contributed by atoms with Crippen molar-refractivity contribution in [1.82, 2.24) is 10.4 Å². The second-order valence-electron chi connectivity index (χ2n) is 8.39. The molecule has 0 unspecified atom stereocenters. The molecule has 160 valence electrons. The molecule has 4 nitrogen and oxygen atoms in total. The lowest BCUT2D eigenvalue weighted by Gasteiger charge is -2.32. The molecule has 3 aromatic carbocycles. The van der Waals surface area contributed by atoms with Crippen LogP contribution in [0.2, 0.25) is 0 Å². The molecule has 0 aliphatic heterocycles. The van der Waals surface area contributed by atoms with Crippen molar-refractivity contribution >= 4 is 35.1 Å². The monoisotopic (exact) mass is 433 g/mol. The Kier molecular flexibility index (Phi) is 6.92. The summed E-state index contributed by atoms with van der Waals surface area (Å²) in [6, 6.07) is 30.3. The first-order valence-corrected chi connectivity index (χ1v) is 12.3. The quantitative estimate of drug-likeness (QED) is 0.560. The van der Waals surface area contributed by atoms with E-state index in [0.29, 0.717) is 0 Å². The SMILES string of the molecule is CC(C)C(=O)NC(C)(C)C(=O)N[P+](c1ccccc1)(c1ccccc1)c1ccccc1. The minimum atomic E-state index is -2.52. The Morgan fingerprint density at radius 1 is 0.710 bits per heavy atom. The average Bonchev–Trinajstić information content (AvgIpc) is 2.78. The predicted octanol–water partition coefficient (Wildman–Crippen LogP) is 3.56. The minimum absolute atomic E-state index is 0.150. The molecule has 2 amide bonds. The van der Waals surface area contributed by atoms with Gasteiger partial charge < -0.3 is 5.32 Å². The third kappa shape index (κ3) is 4.86. The molecule has 0 aromatic heterocycles. The third-order valence-corrected chi connectivity index (χ3v) is 8.98. The van der Waals surface area contributed by atoms with Crippen LogP contribution >= 0.6 is 7.41 Å². The van der Waals surface area contributed by atoms with Crippen molar-refractivity contribution in [3.8, 4) is 0 Å². The van der Waals surface area contributed by atoms with E-state index in [9.17, 15) is 9.59 Å². The van der Waals surface area contributed by atoms with Crippen molar-refractivity contribution < 1.29 is 9.59 Å². The van der Waals surface area contributed by atoms with E-state index in [0.717, 1.165) is 15.9 Å². The largest absolute Gasteiger partial charge is 0.342 e. The number of rotatable bonds is 7. The molecule has 0 atom stereocenters. The molecule has 0 saturated heterocycles. The molecule has 0 bridgehead atoms. The topological polar surface area (TPSA) is 58.2 Å². The van der Waals surface area contributed by atoms with E-state index in [1.54, 1.807) is 13.8 Å². The second-order valence-corrected chi connectivity index (χ2v) is 11.5. The van der Waals surface area contributed by atoms with E-state index in [4.69, 9.17) is 0 Å². The maximum absolute atomic E-state index is 13.7. The average molecular weight is 434 g/mol. The Labute approximate surface area is 185 Å². The van der Waals surface area contributed by atoms with Crippen LogP contribution in [0, 0.1) is 5.92 Å². The number of carbonyl (C=O) groups is 2. The maximum atomic E-state index is 13.7. The van der Waals surface area contributed by atoms with Gasteiger partial charge in [-0.3, -0.25) is 9.59 Å². The zero-order valence-electron chi connectivity index (χ0n) is 18.5. The highest BCUT2D eigenvalue weighted by molar-refractivity contribution is 7.94. The zero-order chi connectivity index (χ0) is 22.5. The van der Waals surface area contributed by atoms with Gasteiger partial charge in [0.15, 0.2) is 0 Å². The van der Waals surface area contributed by atoms with Crippen LogP contribution in [0.4, 0.5) is 0 Å². The molecular formula is C26H30N2O2P+. The second kappa shape index (κ2) is 9.45. The lowest BCUT2D eigenvalue weighted by Crippen LogP contribution is -2.57. The Hall–Kier alpha value is -2.97. The molecule has 0 spiro atoms. The third-order valence-electron chi connectivity index (χ3n) is 5.23. The van der Waals surface area contributed by atoms with Gasteiger partial charge in [0.2, 0.25) is 13.3 Å². The summed E-state index contributed by atoms with van der Waals surface area (Å²) < 4.78 is 0. The van der Waals surface area contributed by atoms with Crippen molar-refractivity contribution in [2.24, 2.45) is 5.92 Å². The summed E-state index contributed by atoms with van der Waals surface area (Å²) in [5, 5.41) is 9.46. The first kappa shape index (κ1) is 22.7. The number of benzene rings is 3. The molecule has 5 heteroatoms. The Balaban J connectivity index is 2.17. The van der Waals surface area contributed by atoms with Crippen molar-refractivity contribution in [3.05, 3.63) is 91.0 Å². The predicted molar refractivity (Wildman–Crippen MR) is 130 cm³/mol. The fourth-order valence-corrected chi connectivity index (χ4v) is 7.12. The molecule has 3 aromatic rings. The van der Waals surface area contributed by atoms with Crippen LogP contribution in [0.3, 0.4) is 0 Å². The van der Waals surface area contributed by atoms with Gasteiger partial charge in [-0.1, -0.05) is 68.4 Å². The molecule has 0 heterocycles. The fourth-order valence-electron chi connectivity index (χ4n) is 3.40. The van der Waals surface area contributed by atoms with Gasteiger partial charge >= 0.3 is 0 Å². The van der Waals surface area contributed by atoms with Crippen LogP contribution in [-0.2, 0) is 9.59 Å². The number of nitrogens with one attached hydrogen (secondary N) is 2. The highest BCUT2D eigenvalue weighted by Crippen LogP contribution is 2.51. The Bertz CT molecular complexity index is 922. The molecule has 3 rings (SSSR count). The number of hydrogen-bond acceptors (Lipinski definition) is 2. The Morgan fingerprint density at radius 3 is 1.39 bits per heavy atom. The van der Waals surface area contributed by atoms with Crippen molar-refractivity contribution in [1.29, 1.82) is 0 Å². The van der Waals surface area contributed by atoms with Crippen LogP contribution in [0.25, 0.3) is 0 Å². The summed E-state index contributed by atoms with van der Waals surface area (Å²) in [5.74, 6) is -0.571. The molecule has 0 fully saturated rings. The molecule has 0 aliphatic carbocycles. The molecule has 0 aliphatic rings. The van der Waals surface area contributed by atoms with E-state index in [1.807, 2.05) is 68.4 Å². The number of amides is 2. The van der Waals surface area contributed by atoms with Crippen LogP contribution in [0.1, 0.15) is 27.7 Å². The van der Waals surface area contributed by atoms with Gasteiger partial charge in [0.1, 0.15) is 21.5 Å². The van der Waals surface area contributed by atoms with E-state index in [2.05, 4.69) is 46.8 Å². The maximum Gasteiger partial charge on any atom is 0.277 e. The van der Waals surface area contributed by atoms with Gasteiger partial charge in [-0.05, 0) is 50.2 Å². The summed E-state index contributed by atoms with van der Waals surface area (Å²) in [7, 11) is -2.52. The van der Waals surface area contributed by atoms with E-state index in [1.165, 1.54) is 0 Å². The fraction of sp³-hybridized carbons (Fsp3) is 0.231. The molecule has 2 N–H and O–H groups in total. The van der Waals surface area contributed by atoms with Crippen LogP contribution in [0.15, 0.2) is 91.0 Å². The summed E-state index contributed by atoms with van der Waals surface area (Å²) in [6.07, 6.45) is 0. The van der Waals surface area contributed by atoms with Gasteiger partial charge in [0, 0.05) is 5.92 Å².